The van der Waals surface area contributed by atoms with Gasteiger partial charge in [-0.05, 0) is 31.5 Å². The van der Waals surface area contributed by atoms with Gasteiger partial charge in [-0.3, -0.25) is 4.79 Å². The Morgan fingerprint density at radius 2 is 1.85 bits per heavy atom. The van der Waals surface area contributed by atoms with Crippen molar-refractivity contribution in [1.82, 2.24) is 10.2 Å². The maximum atomic E-state index is 12.5. The first-order valence-electron chi connectivity index (χ1n) is 8.82. The van der Waals surface area contributed by atoms with Crippen molar-refractivity contribution in [2.45, 2.75) is 26.3 Å². The van der Waals surface area contributed by atoms with Gasteiger partial charge in [0.2, 0.25) is 5.91 Å². The van der Waals surface area contributed by atoms with Crippen molar-refractivity contribution in [2.24, 2.45) is 0 Å². The summed E-state index contributed by atoms with van der Waals surface area (Å²) in [5.41, 5.74) is 3.39. The summed E-state index contributed by atoms with van der Waals surface area (Å²) in [5, 5.41) is 5.77. The number of carbonyl (C=O) groups excluding carboxylic acids is 2. The minimum Gasteiger partial charge on any atom is -0.496 e. The van der Waals surface area contributed by atoms with E-state index in [2.05, 4.69) is 10.6 Å². The molecule has 0 aliphatic rings. The van der Waals surface area contributed by atoms with Crippen LogP contribution in [0.25, 0.3) is 0 Å². The summed E-state index contributed by atoms with van der Waals surface area (Å²) in [6.07, 6.45) is 0.227. The molecular formula is C21H27N3O3. The van der Waals surface area contributed by atoms with Crippen molar-refractivity contribution in [3.63, 3.8) is 0 Å². The number of hydrogen-bond donors (Lipinski definition) is 2. The Hall–Kier alpha value is -3.02. The van der Waals surface area contributed by atoms with Gasteiger partial charge >= 0.3 is 6.03 Å². The van der Waals surface area contributed by atoms with Crippen LogP contribution in [0.15, 0.2) is 42.5 Å². The van der Waals surface area contributed by atoms with Gasteiger partial charge in [-0.25, -0.2) is 4.79 Å². The van der Waals surface area contributed by atoms with E-state index in [0.717, 1.165) is 22.4 Å². The molecule has 2 aromatic rings. The van der Waals surface area contributed by atoms with E-state index in [-0.39, 0.29) is 24.4 Å². The lowest BCUT2D eigenvalue weighted by molar-refractivity contribution is -0.127. The Kier molecular flexibility index (Phi) is 6.82. The molecule has 0 fully saturated rings. The number of methoxy groups -OCH3 is 1. The van der Waals surface area contributed by atoms with Crippen molar-refractivity contribution in [3.8, 4) is 5.75 Å². The fraction of sp³-hybridized carbons (Fsp3) is 0.333. The smallest absolute Gasteiger partial charge is 0.319 e. The summed E-state index contributed by atoms with van der Waals surface area (Å²) >= 11 is 0. The van der Waals surface area contributed by atoms with Crippen LogP contribution in [0.4, 0.5) is 10.5 Å². The van der Waals surface area contributed by atoms with Gasteiger partial charge in [0.25, 0.3) is 0 Å². The van der Waals surface area contributed by atoms with Crippen molar-refractivity contribution in [1.29, 1.82) is 0 Å². The van der Waals surface area contributed by atoms with E-state index in [9.17, 15) is 9.59 Å². The van der Waals surface area contributed by atoms with Crippen molar-refractivity contribution in [3.05, 3.63) is 59.2 Å². The van der Waals surface area contributed by atoms with E-state index >= 15 is 0 Å². The van der Waals surface area contributed by atoms with Crippen LogP contribution in [0, 0.1) is 6.92 Å². The molecule has 0 saturated heterocycles. The Bertz CT molecular complexity index is 818. The first-order valence-corrected chi connectivity index (χ1v) is 8.82. The second-order valence-corrected chi connectivity index (χ2v) is 6.69. The highest BCUT2D eigenvalue weighted by Crippen LogP contribution is 2.26. The molecule has 2 N–H and O–H groups in total. The van der Waals surface area contributed by atoms with E-state index in [1.54, 1.807) is 27.3 Å². The maximum Gasteiger partial charge on any atom is 0.319 e. The third-order valence-corrected chi connectivity index (χ3v) is 4.31. The monoisotopic (exact) mass is 369 g/mol. The standard InChI is InChI=1S/C21H27N3O3/c1-14-10-11-19(27-5)17(12-14)15(2)22-21(26)23-18-9-7-6-8-16(18)13-20(25)24(3)4/h6-12,15H,13H2,1-5H3,(H2,22,23,26). The number of hydrogen-bond acceptors (Lipinski definition) is 3. The lowest BCUT2D eigenvalue weighted by Gasteiger charge is -2.19. The molecule has 2 aromatic carbocycles. The first-order chi connectivity index (χ1) is 12.8. The molecule has 3 amide bonds. The molecule has 0 heterocycles. The van der Waals surface area contributed by atoms with E-state index in [0.29, 0.717) is 5.69 Å². The van der Waals surface area contributed by atoms with Gasteiger partial charge in [0, 0.05) is 25.3 Å². The van der Waals surface area contributed by atoms with Crippen molar-refractivity contribution in [2.75, 3.05) is 26.5 Å². The summed E-state index contributed by atoms with van der Waals surface area (Å²) in [7, 11) is 5.03. The van der Waals surface area contributed by atoms with Crippen LogP contribution >= 0.6 is 0 Å². The Morgan fingerprint density at radius 3 is 2.52 bits per heavy atom. The van der Waals surface area contributed by atoms with Gasteiger partial charge in [-0.2, -0.15) is 0 Å². The highest BCUT2D eigenvalue weighted by molar-refractivity contribution is 5.91. The van der Waals surface area contributed by atoms with E-state index in [1.807, 2.05) is 50.2 Å². The fourth-order valence-electron chi connectivity index (χ4n) is 2.74. The lowest BCUT2D eigenvalue weighted by atomic mass is 10.0. The van der Waals surface area contributed by atoms with Crippen molar-refractivity contribution >= 4 is 17.6 Å². The molecule has 1 unspecified atom stereocenters. The highest BCUT2D eigenvalue weighted by Gasteiger charge is 2.16. The number of carbonyl (C=O) groups is 2. The molecule has 27 heavy (non-hydrogen) atoms. The van der Waals surface area contributed by atoms with Crippen LogP contribution in [0.3, 0.4) is 0 Å². The van der Waals surface area contributed by atoms with Gasteiger partial charge in [-0.1, -0.05) is 35.9 Å². The third kappa shape index (κ3) is 5.48. The molecule has 144 valence electrons. The molecule has 2 rings (SSSR count). The minimum absolute atomic E-state index is 0.0254. The summed E-state index contributed by atoms with van der Waals surface area (Å²) in [6, 6.07) is 12.6. The molecule has 0 aliphatic heterocycles. The molecule has 6 nitrogen and oxygen atoms in total. The second-order valence-electron chi connectivity index (χ2n) is 6.69. The van der Waals surface area contributed by atoms with E-state index in [1.165, 1.54) is 4.90 Å². The van der Waals surface area contributed by atoms with Crippen LogP contribution in [0.2, 0.25) is 0 Å². The SMILES string of the molecule is COc1ccc(C)cc1C(C)NC(=O)Nc1ccccc1CC(=O)N(C)C. The zero-order chi connectivity index (χ0) is 20.0. The Balaban J connectivity index is 2.10. The molecule has 1 atom stereocenters. The highest BCUT2D eigenvalue weighted by atomic mass is 16.5. The first kappa shape index (κ1) is 20.3. The molecular weight excluding hydrogens is 342 g/mol. The van der Waals surface area contributed by atoms with Crippen LogP contribution < -0.4 is 15.4 Å². The van der Waals surface area contributed by atoms with Crippen LogP contribution in [-0.2, 0) is 11.2 Å². The number of amides is 3. The number of ether oxygens (including phenoxy) is 1. The number of anilines is 1. The number of para-hydroxylation sites is 1. The molecule has 0 saturated carbocycles. The Labute approximate surface area is 160 Å². The Morgan fingerprint density at radius 1 is 1.15 bits per heavy atom. The van der Waals surface area contributed by atoms with Crippen molar-refractivity contribution < 1.29 is 14.3 Å². The van der Waals surface area contributed by atoms with Gasteiger partial charge in [-0.15, -0.1) is 0 Å². The number of nitrogens with zero attached hydrogens (tertiary/aromatic N) is 1. The quantitative estimate of drug-likeness (QED) is 0.818. The second kappa shape index (κ2) is 9.07. The van der Waals surface area contributed by atoms with Gasteiger partial charge in [0.05, 0.1) is 19.6 Å². The zero-order valence-corrected chi connectivity index (χ0v) is 16.5. The number of urea groups is 1. The maximum absolute atomic E-state index is 12.5. The molecule has 6 heteroatoms. The third-order valence-electron chi connectivity index (χ3n) is 4.31. The molecule has 0 radical (unpaired) electrons. The normalized spacial score (nSPS) is 11.4. The number of rotatable bonds is 6. The summed E-state index contributed by atoms with van der Waals surface area (Å²) in [5.74, 6) is 0.702. The number of nitrogens with one attached hydrogen (secondary N) is 2. The predicted molar refractivity (Wildman–Crippen MR) is 107 cm³/mol. The summed E-state index contributed by atoms with van der Waals surface area (Å²) in [6.45, 7) is 3.89. The molecule has 0 spiro atoms. The molecule has 0 bridgehead atoms. The average Bonchev–Trinajstić information content (AvgIpc) is 2.63. The number of benzene rings is 2. The van der Waals surface area contributed by atoms with Gasteiger partial charge < -0.3 is 20.3 Å². The average molecular weight is 369 g/mol. The van der Waals surface area contributed by atoms with Crippen LogP contribution in [-0.4, -0.2) is 38.0 Å². The number of aryl methyl sites for hydroxylation is 1. The zero-order valence-electron chi connectivity index (χ0n) is 16.5. The minimum atomic E-state index is -0.337. The van der Waals surface area contributed by atoms with Crippen LogP contribution in [0.5, 0.6) is 5.75 Å². The predicted octanol–water partition coefficient (Wildman–Crippen LogP) is 3.52. The topological polar surface area (TPSA) is 70.7 Å². The van der Waals surface area contributed by atoms with Gasteiger partial charge in [0.15, 0.2) is 0 Å². The molecule has 0 aromatic heterocycles. The summed E-state index contributed by atoms with van der Waals surface area (Å²) < 4.78 is 5.39. The van der Waals surface area contributed by atoms with Gasteiger partial charge in [0.1, 0.15) is 5.75 Å². The summed E-state index contributed by atoms with van der Waals surface area (Å²) in [4.78, 5) is 26.0. The lowest BCUT2D eigenvalue weighted by Crippen LogP contribution is -2.32. The fourth-order valence-corrected chi connectivity index (χ4v) is 2.74. The largest absolute Gasteiger partial charge is 0.496 e. The molecule has 0 aliphatic carbocycles. The van der Waals surface area contributed by atoms with E-state index in [4.69, 9.17) is 4.74 Å². The van der Waals surface area contributed by atoms with Crippen LogP contribution in [0.1, 0.15) is 29.7 Å². The van der Waals surface area contributed by atoms with E-state index < -0.39 is 0 Å². The number of likely N-dealkylation sites (N-methyl/N-ethyl adjacent to an activating group) is 1.